The van der Waals surface area contributed by atoms with E-state index in [1.165, 1.54) is 0 Å². The maximum absolute atomic E-state index is 12.5. The first kappa shape index (κ1) is 13.9. The van der Waals surface area contributed by atoms with Crippen LogP contribution in [0.15, 0.2) is 18.2 Å². The molecule has 2 rings (SSSR count). The van der Waals surface area contributed by atoms with E-state index in [4.69, 9.17) is 11.6 Å². The number of amides is 1. The number of carbonyl (C=O) groups is 1. The van der Waals surface area contributed by atoms with Gasteiger partial charge in [0.05, 0.1) is 0 Å². The highest BCUT2D eigenvalue weighted by Gasteiger charge is 2.28. The van der Waals surface area contributed by atoms with Crippen LogP contribution in [-0.2, 0) is 0 Å². The number of likely N-dealkylation sites (tertiary alicyclic amines) is 1. The molecule has 0 saturated carbocycles. The van der Waals surface area contributed by atoms with Gasteiger partial charge >= 0.3 is 0 Å². The van der Waals surface area contributed by atoms with Gasteiger partial charge in [-0.2, -0.15) is 0 Å². The van der Waals surface area contributed by atoms with Crippen molar-refractivity contribution < 1.29 is 4.79 Å². The van der Waals surface area contributed by atoms with Crippen LogP contribution in [0.25, 0.3) is 0 Å². The topological polar surface area (TPSA) is 20.3 Å². The van der Waals surface area contributed by atoms with Gasteiger partial charge in [-0.15, -0.1) is 0 Å². The Morgan fingerprint density at radius 3 is 2.89 bits per heavy atom. The van der Waals surface area contributed by atoms with Crippen molar-refractivity contribution >= 4 is 33.4 Å². The molecule has 0 aromatic heterocycles. The molecule has 0 aliphatic carbocycles. The smallest absolute Gasteiger partial charge is 0.254 e. The summed E-state index contributed by atoms with van der Waals surface area (Å²) in [5, 5.41) is 0.615. The lowest BCUT2D eigenvalue weighted by molar-refractivity contribution is 0.0705. The minimum Gasteiger partial charge on any atom is -0.337 e. The Labute approximate surface area is 121 Å². The number of rotatable bonds is 1. The van der Waals surface area contributed by atoms with Crippen molar-refractivity contribution in [3.63, 3.8) is 0 Å². The second-order valence-electron chi connectivity index (χ2n) is 4.99. The number of carbonyl (C=O) groups excluding carboxylic acids is 1. The molecule has 1 aliphatic rings. The van der Waals surface area contributed by atoms with Gasteiger partial charge in [-0.3, -0.25) is 4.79 Å². The van der Waals surface area contributed by atoms with Crippen LogP contribution >= 0.6 is 27.5 Å². The molecule has 0 N–H and O–H groups in total. The van der Waals surface area contributed by atoms with Gasteiger partial charge in [0.25, 0.3) is 5.91 Å². The highest BCUT2D eigenvalue weighted by Crippen LogP contribution is 2.25. The van der Waals surface area contributed by atoms with E-state index in [0.29, 0.717) is 15.8 Å². The van der Waals surface area contributed by atoms with Crippen LogP contribution in [0.4, 0.5) is 0 Å². The maximum atomic E-state index is 12.5. The number of nitrogens with zero attached hydrogens (tertiary/aromatic N) is 1. The zero-order valence-electron chi connectivity index (χ0n) is 10.6. The molecule has 1 aliphatic heterocycles. The number of piperidine rings is 1. The summed E-state index contributed by atoms with van der Waals surface area (Å²) < 4.78 is 0. The predicted octanol–water partition coefficient (Wildman–Crippen LogP) is 3.89. The van der Waals surface area contributed by atoms with E-state index >= 15 is 0 Å². The van der Waals surface area contributed by atoms with Gasteiger partial charge in [-0.05, 0) is 37.0 Å². The minimum atomic E-state index is 0.0892. The molecule has 2 atom stereocenters. The molecule has 4 heteroatoms. The summed E-state index contributed by atoms with van der Waals surface area (Å²) in [5.74, 6) is 0.709. The van der Waals surface area contributed by atoms with Crippen LogP contribution in [-0.4, -0.2) is 28.7 Å². The lowest BCUT2D eigenvalue weighted by atomic mass is 9.98. The molecule has 0 spiro atoms. The fraction of sp³-hybridized carbons (Fsp3) is 0.500. The quantitative estimate of drug-likeness (QED) is 0.715. The molecule has 1 saturated heterocycles. The molecule has 1 aromatic rings. The lowest BCUT2D eigenvalue weighted by Gasteiger charge is -2.34. The van der Waals surface area contributed by atoms with Gasteiger partial charge < -0.3 is 4.90 Å². The normalized spacial score (nSPS) is 24.1. The Kier molecular flexibility index (Phi) is 4.33. The van der Waals surface area contributed by atoms with E-state index in [0.717, 1.165) is 30.6 Å². The average molecular weight is 331 g/mol. The van der Waals surface area contributed by atoms with Crippen LogP contribution in [0, 0.1) is 12.8 Å². The Morgan fingerprint density at radius 1 is 1.50 bits per heavy atom. The summed E-state index contributed by atoms with van der Waals surface area (Å²) in [7, 11) is 0. The van der Waals surface area contributed by atoms with Crippen molar-refractivity contribution in [3.05, 3.63) is 34.3 Å². The van der Waals surface area contributed by atoms with Crippen LogP contribution in [0.2, 0.25) is 5.02 Å². The summed E-state index contributed by atoms with van der Waals surface area (Å²) in [6.45, 7) is 5.76. The van der Waals surface area contributed by atoms with Crippen molar-refractivity contribution in [2.75, 3.05) is 13.1 Å². The monoisotopic (exact) mass is 329 g/mol. The van der Waals surface area contributed by atoms with E-state index in [2.05, 4.69) is 22.9 Å². The maximum Gasteiger partial charge on any atom is 0.254 e. The predicted molar refractivity (Wildman–Crippen MR) is 78.6 cm³/mol. The molecule has 98 valence electrons. The summed E-state index contributed by atoms with van der Waals surface area (Å²) in [6, 6.07) is 5.48. The molecule has 1 aromatic carbocycles. The molecule has 18 heavy (non-hydrogen) atoms. The molecule has 0 radical (unpaired) electrons. The van der Waals surface area contributed by atoms with Crippen molar-refractivity contribution in [2.45, 2.75) is 25.1 Å². The second kappa shape index (κ2) is 5.62. The third kappa shape index (κ3) is 2.89. The van der Waals surface area contributed by atoms with Crippen molar-refractivity contribution in [3.8, 4) is 0 Å². The van der Waals surface area contributed by atoms with E-state index in [9.17, 15) is 4.79 Å². The zero-order valence-corrected chi connectivity index (χ0v) is 13.0. The molecular weight excluding hydrogens is 314 g/mol. The molecule has 1 heterocycles. The zero-order chi connectivity index (χ0) is 13.3. The Bertz CT molecular complexity index is 463. The third-order valence-corrected chi connectivity index (χ3v) is 5.01. The van der Waals surface area contributed by atoms with Crippen molar-refractivity contribution in [2.24, 2.45) is 5.92 Å². The van der Waals surface area contributed by atoms with Gasteiger partial charge in [0.15, 0.2) is 0 Å². The summed E-state index contributed by atoms with van der Waals surface area (Å²) in [4.78, 5) is 14.8. The molecule has 0 bridgehead atoms. The van der Waals surface area contributed by atoms with Gasteiger partial charge in [-0.25, -0.2) is 0 Å². The van der Waals surface area contributed by atoms with Gasteiger partial charge in [-0.1, -0.05) is 40.5 Å². The van der Waals surface area contributed by atoms with Gasteiger partial charge in [0.1, 0.15) is 0 Å². The van der Waals surface area contributed by atoms with Crippen molar-refractivity contribution in [1.29, 1.82) is 0 Å². The number of alkyl halides is 1. The van der Waals surface area contributed by atoms with E-state index in [1.54, 1.807) is 6.07 Å². The standard InChI is InChI=1S/C14H17BrClNO/c1-9-3-4-11(16)7-12(9)14(18)17-6-5-10(2)13(15)8-17/h3-4,7,10,13H,5-6,8H2,1-2H3. The number of benzene rings is 1. The lowest BCUT2D eigenvalue weighted by Crippen LogP contribution is -2.43. The average Bonchev–Trinajstić information content (AvgIpc) is 2.35. The number of hydrogen-bond acceptors (Lipinski definition) is 1. The summed E-state index contributed by atoms with van der Waals surface area (Å²) in [6.07, 6.45) is 1.04. The highest BCUT2D eigenvalue weighted by atomic mass is 79.9. The van der Waals surface area contributed by atoms with E-state index in [-0.39, 0.29) is 5.91 Å². The Morgan fingerprint density at radius 2 is 2.22 bits per heavy atom. The number of hydrogen-bond donors (Lipinski definition) is 0. The summed E-state index contributed by atoms with van der Waals surface area (Å²) >= 11 is 9.62. The van der Waals surface area contributed by atoms with Gasteiger partial charge in [0, 0.05) is 28.5 Å². The minimum absolute atomic E-state index is 0.0892. The Hall–Kier alpha value is -0.540. The molecule has 1 fully saturated rings. The first-order valence-electron chi connectivity index (χ1n) is 6.18. The first-order chi connectivity index (χ1) is 8.49. The van der Waals surface area contributed by atoms with Crippen molar-refractivity contribution in [1.82, 2.24) is 4.90 Å². The molecule has 1 amide bonds. The second-order valence-corrected chi connectivity index (χ2v) is 6.60. The SMILES string of the molecule is Cc1ccc(Cl)cc1C(=O)N1CCC(C)C(Br)C1. The van der Waals surface area contributed by atoms with Crippen LogP contribution in [0.3, 0.4) is 0 Å². The fourth-order valence-corrected chi connectivity index (χ4v) is 2.99. The van der Waals surface area contributed by atoms with E-state index < -0.39 is 0 Å². The highest BCUT2D eigenvalue weighted by molar-refractivity contribution is 9.09. The largest absolute Gasteiger partial charge is 0.337 e. The summed E-state index contributed by atoms with van der Waals surface area (Å²) in [5.41, 5.74) is 1.70. The number of halogens is 2. The molecule has 2 unspecified atom stereocenters. The fourth-order valence-electron chi connectivity index (χ4n) is 2.20. The molecular formula is C14H17BrClNO. The van der Waals surface area contributed by atoms with Crippen LogP contribution in [0.1, 0.15) is 29.3 Å². The molecule has 2 nitrogen and oxygen atoms in total. The van der Waals surface area contributed by atoms with E-state index in [1.807, 2.05) is 24.0 Å². The van der Waals surface area contributed by atoms with Crippen LogP contribution < -0.4 is 0 Å². The first-order valence-corrected chi connectivity index (χ1v) is 7.48. The number of aryl methyl sites for hydroxylation is 1. The Balaban J connectivity index is 2.19. The third-order valence-electron chi connectivity index (χ3n) is 3.58. The van der Waals surface area contributed by atoms with Crippen LogP contribution in [0.5, 0.6) is 0 Å². The van der Waals surface area contributed by atoms with Gasteiger partial charge in [0.2, 0.25) is 0 Å².